The highest BCUT2D eigenvalue weighted by atomic mass is 35.5. The van der Waals surface area contributed by atoms with Crippen LogP contribution in [0.1, 0.15) is 32.6 Å². The lowest BCUT2D eigenvalue weighted by atomic mass is 10.1. The van der Waals surface area contributed by atoms with E-state index in [0.717, 1.165) is 39.5 Å². The fraction of sp³-hybridized carbons (Fsp3) is 0.167. The molecule has 0 bridgehead atoms. The van der Waals surface area contributed by atoms with E-state index in [1.54, 1.807) is 12.1 Å². The molecule has 6 heteroatoms. The lowest BCUT2D eigenvalue weighted by Crippen LogP contribution is -2.23. The molecule has 0 spiro atoms. The van der Waals surface area contributed by atoms with Crippen molar-refractivity contribution in [1.29, 1.82) is 0 Å². The number of ether oxygens (including phenoxy) is 1. The molecule has 0 aromatic heterocycles. The van der Waals surface area contributed by atoms with Crippen LogP contribution in [-0.4, -0.2) is 22.3 Å². The van der Waals surface area contributed by atoms with E-state index in [4.69, 9.17) is 21.4 Å². The molecule has 0 fully saturated rings. The van der Waals surface area contributed by atoms with E-state index in [1.165, 1.54) is 0 Å². The third kappa shape index (κ3) is 5.06. The molecule has 1 N–H and O–H groups in total. The summed E-state index contributed by atoms with van der Waals surface area (Å²) in [6, 6.07) is 20.8. The molecule has 0 saturated heterocycles. The van der Waals surface area contributed by atoms with Crippen molar-refractivity contribution in [3.63, 3.8) is 0 Å². The second-order valence-corrected chi connectivity index (χ2v) is 7.67. The molecule has 0 aliphatic carbocycles. The van der Waals surface area contributed by atoms with Gasteiger partial charge in [-0.2, -0.15) is 0 Å². The predicted octanol–water partition coefficient (Wildman–Crippen LogP) is 5.43. The standard InChI is InChI=1S/C24H21ClN2O3/c25-22-8-3-18(4-9-22)14-30-15-19-5-10-23-21(11-19)13-27(16-26-23)12-17-1-6-20(7-2-17)24(28)29/h1-11,16H,12-15H2,(H,28,29). The molecule has 0 saturated carbocycles. The van der Waals surface area contributed by atoms with Crippen molar-refractivity contribution in [2.45, 2.75) is 26.3 Å². The highest BCUT2D eigenvalue weighted by molar-refractivity contribution is 6.30. The highest BCUT2D eigenvalue weighted by Crippen LogP contribution is 2.26. The van der Waals surface area contributed by atoms with Crippen LogP contribution in [0.2, 0.25) is 5.02 Å². The summed E-state index contributed by atoms with van der Waals surface area (Å²) in [6.45, 7) is 2.46. The maximum atomic E-state index is 11.0. The number of rotatable bonds is 7. The molecule has 0 unspecified atom stereocenters. The van der Waals surface area contributed by atoms with Crippen LogP contribution in [0.15, 0.2) is 71.7 Å². The van der Waals surface area contributed by atoms with Gasteiger partial charge in [-0.1, -0.05) is 41.9 Å². The Morgan fingerprint density at radius 1 is 0.967 bits per heavy atom. The van der Waals surface area contributed by atoms with Crippen molar-refractivity contribution in [3.05, 3.63) is 99.6 Å². The lowest BCUT2D eigenvalue weighted by molar-refractivity contribution is 0.0697. The zero-order valence-electron chi connectivity index (χ0n) is 16.3. The maximum absolute atomic E-state index is 11.0. The fourth-order valence-corrected chi connectivity index (χ4v) is 3.46. The number of fused-ring (bicyclic) bond motifs is 1. The van der Waals surface area contributed by atoms with Gasteiger partial charge >= 0.3 is 5.97 Å². The Morgan fingerprint density at radius 2 is 1.63 bits per heavy atom. The quantitative estimate of drug-likeness (QED) is 0.553. The molecular formula is C24H21ClN2O3. The van der Waals surface area contributed by atoms with Crippen LogP contribution in [0, 0.1) is 0 Å². The first-order valence-electron chi connectivity index (χ1n) is 9.61. The van der Waals surface area contributed by atoms with Gasteiger partial charge < -0.3 is 14.7 Å². The average Bonchev–Trinajstić information content (AvgIpc) is 2.75. The van der Waals surface area contributed by atoms with E-state index < -0.39 is 5.97 Å². The van der Waals surface area contributed by atoms with E-state index in [0.29, 0.717) is 25.3 Å². The van der Waals surface area contributed by atoms with Crippen molar-refractivity contribution in [2.75, 3.05) is 0 Å². The third-order valence-corrected chi connectivity index (χ3v) is 5.17. The summed E-state index contributed by atoms with van der Waals surface area (Å²) in [5, 5.41) is 9.74. The summed E-state index contributed by atoms with van der Waals surface area (Å²) in [5.74, 6) is -0.916. The molecule has 0 atom stereocenters. The van der Waals surface area contributed by atoms with E-state index in [1.807, 2.05) is 54.9 Å². The normalized spacial score (nSPS) is 12.6. The van der Waals surface area contributed by atoms with Crippen LogP contribution in [0.25, 0.3) is 0 Å². The number of carboxylic acid groups (broad SMARTS) is 1. The third-order valence-electron chi connectivity index (χ3n) is 4.91. The van der Waals surface area contributed by atoms with E-state index in [-0.39, 0.29) is 0 Å². The molecule has 1 heterocycles. The molecule has 0 radical (unpaired) electrons. The number of benzene rings is 3. The van der Waals surface area contributed by atoms with Crippen LogP contribution >= 0.6 is 11.6 Å². The molecule has 30 heavy (non-hydrogen) atoms. The average molecular weight is 421 g/mol. The molecule has 152 valence electrons. The van der Waals surface area contributed by atoms with Crippen LogP contribution in [0.3, 0.4) is 0 Å². The van der Waals surface area contributed by atoms with Gasteiger partial charge in [0.25, 0.3) is 0 Å². The summed E-state index contributed by atoms with van der Waals surface area (Å²) < 4.78 is 5.85. The maximum Gasteiger partial charge on any atom is 0.335 e. The molecule has 3 aromatic rings. The number of hydrogen-bond acceptors (Lipinski definition) is 4. The summed E-state index contributed by atoms with van der Waals surface area (Å²) >= 11 is 5.91. The molecule has 4 rings (SSSR count). The first-order valence-corrected chi connectivity index (χ1v) is 9.99. The van der Waals surface area contributed by atoms with Gasteiger partial charge in [0, 0.05) is 18.1 Å². The first kappa shape index (κ1) is 20.1. The van der Waals surface area contributed by atoms with Gasteiger partial charge in [0.15, 0.2) is 0 Å². The summed E-state index contributed by atoms with van der Waals surface area (Å²) in [6.07, 6.45) is 1.84. The number of aliphatic imine (C=N–C) groups is 1. The number of carbonyl (C=O) groups is 1. The summed E-state index contributed by atoms with van der Waals surface area (Å²) in [5.41, 5.74) is 5.63. The fourth-order valence-electron chi connectivity index (χ4n) is 3.34. The minimum atomic E-state index is -0.916. The van der Waals surface area contributed by atoms with Crippen molar-refractivity contribution < 1.29 is 14.6 Å². The Labute approximate surface area is 180 Å². The molecule has 1 aliphatic heterocycles. The van der Waals surface area contributed by atoms with Crippen LogP contribution in [-0.2, 0) is 31.0 Å². The number of nitrogens with zero attached hydrogens (tertiary/aromatic N) is 2. The van der Waals surface area contributed by atoms with Crippen LogP contribution in [0.5, 0.6) is 0 Å². The highest BCUT2D eigenvalue weighted by Gasteiger charge is 2.13. The van der Waals surface area contributed by atoms with Crippen molar-refractivity contribution in [2.24, 2.45) is 4.99 Å². The minimum absolute atomic E-state index is 0.291. The van der Waals surface area contributed by atoms with Gasteiger partial charge in [-0.3, -0.25) is 0 Å². The number of carboxylic acids is 1. The van der Waals surface area contributed by atoms with Gasteiger partial charge in [0.1, 0.15) is 0 Å². The Kier molecular flexibility index (Phi) is 6.12. The zero-order chi connectivity index (χ0) is 20.9. The van der Waals surface area contributed by atoms with Crippen LogP contribution in [0.4, 0.5) is 5.69 Å². The Hall–Kier alpha value is -3.15. The SMILES string of the molecule is O=C(O)c1ccc(CN2C=Nc3ccc(COCc4ccc(Cl)cc4)cc3C2)cc1. The largest absolute Gasteiger partial charge is 0.478 e. The van der Waals surface area contributed by atoms with Crippen LogP contribution < -0.4 is 0 Å². The topological polar surface area (TPSA) is 62.1 Å². The van der Waals surface area contributed by atoms with Crippen molar-refractivity contribution >= 4 is 29.6 Å². The van der Waals surface area contributed by atoms with E-state index in [2.05, 4.69) is 16.0 Å². The van der Waals surface area contributed by atoms with Gasteiger partial charge in [-0.05, 0) is 58.7 Å². The molecule has 5 nitrogen and oxygen atoms in total. The lowest BCUT2D eigenvalue weighted by Gasteiger charge is -2.25. The first-order chi connectivity index (χ1) is 14.6. The predicted molar refractivity (Wildman–Crippen MR) is 117 cm³/mol. The Balaban J connectivity index is 1.35. The number of halogens is 1. The Morgan fingerprint density at radius 3 is 2.37 bits per heavy atom. The number of hydrogen-bond donors (Lipinski definition) is 1. The van der Waals surface area contributed by atoms with Crippen molar-refractivity contribution in [3.8, 4) is 0 Å². The molecule has 1 aliphatic rings. The van der Waals surface area contributed by atoms with Gasteiger partial charge in [0.05, 0.1) is 30.8 Å². The zero-order valence-corrected chi connectivity index (χ0v) is 17.0. The smallest absolute Gasteiger partial charge is 0.335 e. The Bertz CT molecular complexity index is 1060. The van der Waals surface area contributed by atoms with Gasteiger partial charge in [-0.25, -0.2) is 9.79 Å². The second kappa shape index (κ2) is 9.11. The second-order valence-electron chi connectivity index (χ2n) is 7.23. The van der Waals surface area contributed by atoms with E-state index in [9.17, 15) is 4.79 Å². The van der Waals surface area contributed by atoms with Gasteiger partial charge in [0.2, 0.25) is 0 Å². The summed E-state index contributed by atoms with van der Waals surface area (Å²) in [7, 11) is 0. The minimum Gasteiger partial charge on any atom is -0.478 e. The summed E-state index contributed by atoms with van der Waals surface area (Å²) in [4.78, 5) is 17.6. The number of aromatic carboxylic acids is 1. The van der Waals surface area contributed by atoms with E-state index >= 15 is 0 Å². The van der Waals surface area contributed by atoms with Crippen molar-refractivity contribution in [1.82, 2.24) is 4.90 Å². The molecule has 3 aromatic carbocycles. The van der Waals surface area contributed by atoms with Gasteiger partial charge in [-0.15, -0.1) is 0 Å². The molecule has 0 amide bonds. The monoisotopic (exact) mass is 420 g/mol. The molecular weight excluding hydrogens is 400 g/mol.